The van der Waals surface area contributed by atoms with E-state index < -0.39 is 11.8 Å². The molecule has 2 aromatic carbocycles. The van der Waals surface area contributed by atoms with Crippen LogP contribution in [0.4, 0.5) is 0 Å². The lowest BCUT2D eigenvalue weighted by molar-refractivity contribution is -0.120. The summed E-state index contributed by atoms with van der Waals surface area (Å²) in [6.45, 7) is -0.209. The van der Waals surface area contributed by atoms with Crippen LogP contribution in [0, 0.1) is 0 Å². The average Bonchev–Trinajstić information content (AvgIpc) is 3.03. The topological polar surface area (TPSA) is 79.8 Å². The van der Waals surface area contributed by atoms with Crippen LogP contribution in [0.25, 0.3) is 10.1 Å². The molecule has 0 spiro atoms. The zero-order valence-corrected chi connectivity index (χ0v) is 15.9. The van der Waals surface area contributed by atoms with Gasteiger partial charge in [0.2, 0.25) is 0 Å². The lowest BCUT2D eigenvalue weighted by Gasteiger charge is -2.03. The van der Waals surface area contributed by atoms with Crippen LogP contribution in [-0.4, -0.2) is 31.7 Å². The van der Waals surface area contributed by atoms with Gasteiger partial charge in [0, 0.05) is 10.1 Å². The Labute approximate surface area is 164 Å². The number of halogens is 1. The van der Waals surface area contributed by atoms with Gasteiger partial charge in [0.15, 0.2) is 0 Å². The molecule has 0 aliphatic rings. The highest BCUT2D eigenvalue weighted by atomic mass is 35.5. The molecule has 8 heteroatoms. The number of hydrazone groups is 1. The Kier molecular flexibility index (Phi) is 6.05. The van der Waals surface area contributed by atoms with Crippen molar-refractivity contribution in [2.75, 3.05) is 13.7 Å². The quantitative estimate of drug-likeness (QED) is 0.490. The molecule has 0 radical (unpaired) electrons. The Balaban J connectivity index is 1.54. The summed E-state index contributed by atoms with van der Waals surface area (Å²) in [7, 11) is 1.57. The van der Waals surface area contributed by atoms with Crippen molar-refractivity contribution >= 4 is 51.1 Å². The fourth-order valence-electron chi connectivity index (χ4n) is 2.34. The smallest absolute Gasteiger partial charge is 0.263 e. The summed E-state index contributed by atoms with van der Waals surface area (Å²) in [5, 5.41) is 7.63. The molecule has 6 nitrogen and oxygen atoms in total. The van der Waals surface area contributed by atoms with Crippen LogP contribution in [0.15, 0.2) is 53.6 Å². The van der Waals surface area contributed by atoms with Crippen molar-refractivity contribution in [1.29, 1.82) is 0 Å². The van der Waals surface area contributed by atoms with Gasteiger partial charge in [0.05, 0.1) is 24.9 Å². The second-order valence-electron chi connectivity index (χ2n) is 5.49. The van der Waals surface area contributed by atoms with E-state index in [4.69, 9.17) is 16.3 Å². The summed E-state index contributed by atoms with van der Waals surface area (Å²) < 4.78 is 6.03. The average molecular weight is 402 g/mol. The van der Waals surface area contributed by atoms with E-state index in [0.717, 1.165) is 15.6 Å². The first-order valence-corrected chi connectivity index (χ1v) is 9.19. The number of methoxy groups -OCH3 is 1. The van der Waals surface area contributed by atoms with Crippen molar-refractivity contribution in [2.24, 2.45) is 5.10 Å². The molecule has 1 heterocycles. The van der Waals surface area contributed by atoms with Gasteiger partial charge in [0.1, 0.15) is 10.6 Å². The Morgan fingerprint density at radius 2 is 2.04 bits per heavy atom. The van der Waals surface area contributed by atoms with Crippen molar-refractivity contribution < 1.29 is 14.3 Å². The number of rotatable bonds is 6. The third-order valence-corrected chi connectivity index (χ3v) is 5.32. The molecule has 27 heavy (non-hydrogen) atoms. The van der Waals surface area contributed by atoms with Gasteiger partial charge >= 0.3 is 0 Å². The molecule has 0 bridgehead atoms. The van der Waals surface area contributed by atoms with Crippen LogP contribution in [0.1, 0.15) is 15.2 Å². The number of hydrogen-bond acceptors (Lipinski definition) is 5. The molecule has 0 fully saturated rings. The van der Waals surface area contributed by atoms with Gasteiger partial charge < -0.3 is 10.1 Å². The van der Waals surface area contributed by atoms with E-state index in [2.05, 4.69) is 15.8 Å². The summed E-state index contributed by atoms with van der Waals surface area (Å²) in [5.74, 6) is -0.148. The van der Waals surface area contributed by atoms with Crippen molar-refractivity contribution in [3.8, 4) is 5.75 Å². The van der Waals surface area contributed by atoms with E-state index in [1.54, 1.807) is 13.2 Å². The van der Waals surface area contributed by atoms with E-state index in [-0.39, 0.29) is 6.54 Å². The maximum Gasteiger partial charge on any atom is 0.263 e. The first-order valence-electron chi connectivity index (χ1n) is 7.99. The molecule has 0 unspecified atom stereocenters. The molecule has 2 N–H and O–H groups in total. The highest BCUT2D eigenvalue weighted by molar-refractivity contribution is 7.21. The first kappa shape index (κ1) is 18.9. The normalized spacial score (nSPS) is 10.9. The Hall–Kier alpha value is -2.90. The van der Waals surface area contributed by atoms with Gasteiger partial charge in [-0.25, -0.2) is 5.43 Å². The molecule has 0 saturated carbocycles. The maximum atomic E-state index is 12.3. The largest absolute Gasteiger partial charge is 0.497 e. The third-order valence-electron chi connectivity index (χ3n) is 3.65. The van der Waals surface area contributed by atoms with Crippen molar-refractivity contribution in [2.45, 2.75) is 0 Å². The first-order chi connectivity index (χ1) is 13.1. The lowest BCUT2D eigenvalue weighted by Crippen LogP contribution is -2.34. The van der Waals surface area contributed by atoms with Crippen LogP contribution < -0.4 is 15.5 Å². The van der Waals surface area contributed by atoms with E-state index in [1.165, 1.54) is 17.6 Å². The van der Waals surface area contributed by atoms with Gasteiger partial charge in [-0.05, 0) is 23.8 Å². The predicted octanol–water partition coefficient (Wildman–Crippen LogP) is 3.44. The third kappa shape index (κ3) is 4.64. The molecule has 0 saturated heterocycles. The molecule has 0 atom stereocenters. The number of thiophene rings is 1. The van der Waals surface area contributed by atoms with Crippen LogP contribution >= 0.6 is 22.9 Å². The minimum absolute atomic E-state index is 0.209. The molecule has 0 aliphatic heterocycles. The second-order valence-corrected chi connectivity index (χ2v) is 6.92. The van der Waals surface area contributed by atoms with Gasteiger partial charge in [-0.2, -0.15) is 5.10 Å². The molecule has 2 amide bonds. The number of fused-ring (bicyclic) bond motifs is 1. The number of benzene rings is 2. The highest BCUT2D eigenvalue weighted by Gasteiger charge is 2.17. The van der Waals surface area contributed by atoms with Crippen LogP contribution in [-0.2, 0) is 4.79 Å². The minimum atomic E-state index is -0.445. The SMILES string of the molecule is COc1cccc(C=NNC(=O)CNC(=O)c2sc3ccccc3c2Cl)c1. The van der Waals surface area contributed by atoms with Crippen LogP contribution in [0.3, 0.4) is 0 Å². The number of amides is 2. The molecular formula is C19H16ClN3O3S. The van der Waals surface area contributed by atoms with E-state index in [9.17, 15) is 9.59 Å². The predicted molar refractivity (Wildman–Crippen MR) is 108 cm³/mol. The van der Waals surface area contributed by atoms with Crippen molar-refractivity contribution in [3.05, 3.63) is 64.0 Å². The number of carbonyl (C=O) groups excluding carboxylic acids is 2. The van der Waals surface area contributed by atoms with Crippen LogP contribution in [0.5, 0.6) is 5.75 Å². The number of ether oxygens (including phenoxy) is 1. The summed E-state index contributed by atoms with van der Waals surface area (Å²) >= 11 is 7.54. The molecule has 3 rings (SSSR count). The standard InChI is InChI=1S/C19H16ClN3O3S/c1-26-13-6-4-5-12(9-13)10-22-23-16(24)11-21-19(25)18-17(20)14-7-2-3-8-15(14)27-18/h2-10H,11H2,1H3,(H,21,25)(H,23,24). The monoisotopic (exact) mass is 401 g/mol. The molecule has 3 aromatic rings. The highest BCUT2D eigenvalue weighted by Crippen LogP contribution is 2.34. The maximum absolute atomic E-state index is 12.3. The minimum Gasteiger partial charge on any atom is -0.497 e. The van der Waals surface area contributed by atoms with E-state index in [1.807, 2.05) is 42.5 Å². The summed E-state index contributed by atoms with van der Waals surface area (Å²) in [6.07, 6.45) is 1.49. The number of nitrogens with zero attached hydrogens (tertiary/aromatic N) is 1. The lowest BCUT2D eigenvalue weighted by atomic mass is 10.2. The van der Waals surface area contributed by atoms with Gasteiger partial charge in [0.25, 0.3) is 11.8 Å². The molecule has 1 aromatic heterocycles. The van der Waals surface area contributed by atoms with E-state index >= 15 is 0 Å². The van der Waals surface area contributed by atoms with Crippen LogP contribution in [0.2, 0.25) is 5.02 Å². The zero-order valence-electron chi connectivity index (χ0n) is 14.4. The molecule has 138 valence electrons. The summed E-state index contributed by atoms with van der Waals surface area (Å²) in [6, 6.07) is 14.7. The summed E-state index contributed by atoms with van der Waals surface area (Å²) in [4.78, 5) is 24.5. The Morgan fingerprint density at radius 1 is 1.22 bits per heavy atom. The van der Waals surface area contributed by atoms with Gasteiger partial charge in [-0.1, -0.05) is 41.9 Å². The summed E-state index contributed by atoms with van der Waals surface area (Å²) in [5.41, 5.74) is 3.14. The zero-order chi connectivity index (χ0) is 19.2. The van der Waals surface area contributed by atoms with Gasteiger partial charge in [-0.3, -0.25) is 9.59 Å². The van der Waals surface area contributed by atoms with Crippen molar-refractivity contribution in [3.63, 3.8) is 0 Å². The Morgan fingerprint density at radius 3 is 2.81 bits per heavy atom. The van der Waals surface area contributed by atoms with E-state index in [0.29, 0.717) is 15.6 Å². The fourth-order valence-corrected chi connectivity index (χ4v) is 3.77. The van der Waals surface area contributed by atoms with Crippen molar-refractivity contribution in [1.82, 2.24) is 10.7 Å². The number of carbonyl (C=O) groups is 2. The number of nitrogens with one attached hydrogen (secondary N) is 2. The molecule has 0 aliphatic carbocycles. The fraction of sp³-hybridized carbons (Fsp3) is 0.105. The molecular weight excluding hydrogens is 386 g/mol. The van der Waals surface area contributed by atoms with Gasteiger partial charge in [-0.15, -0.1) is 11.3 Å². The Bertz CT molecular complexity index is 1020. The number of hydrogen-bond donors (Lipinski definition) is 2. The second kappa shape index (κ2) is 8.66.